The third-order valence-electron chi connectivity index (χ3n) is 3.42. The van der Waals surface area contributed by atoms with Gasteiger partial charge >= 0.3 is 6.18 Å². The number of ether oxygens (including phenoxy) is 1. The van der Waals surface area contributed by atoms with Gasteiger partial charge in [-0.15, -0.1) is 0 Å². The number of hydrogen-bond acceptors (Lipinski definition) is 3. The highest BCUT2D eigenvalue weighted by atomic mass is 19.4. The molecule has 1 N–H and O–H groups in total. The fourth-order valence-electron chi connectivity index (χ4n) is 2.10. The molecular weight excluding hydrogens is 294 g/mol. The van der Waals surface area contributed by atoms with E-state index in [2.05, 4.69) is 4.74 Å². The minimum Gasteiger partial charge on any atom is -0.387 e. The first-order valence-corrected chi connectivity index (χ1v) is 6.10. The van der Waals surface area contributed by atoms with E-state index >= 15 is 0 Å². The van der Waals surface area contributed by atoms with E-state index in [-0.39, 0.29) is 6.54 Å². The normalized spacial score (nSPS) is 17.2. The van der Waals surface area contributed by atoms with Crippen LogP contribution in [0.25, 0.3) is 0 Å². The van der Waals surface area contributed by atoms with Crippen molar-refractivity contribution in [2.75, 3.05) is 19.8 Å². The summed E-state index contributed by atoms with van der Waals surface area (Å²) >= 11 is 0. The van der Waals surface area contributed by atoms with E-state index in [4.69, 9.17) is 5.11 Å². The smallest absolute Gasteiger partial charge is 0.387 e. The first-order valence-electron chi connectivity index (χ1n) is 6.10. The van der Waals surface area contributed by atoms with Crippen LogP contribution in [0.4, 0.5) is 17.6 Å². The molecule has 1 heterocycles. The number of benzene rings is 1. The highest BCUT2D eigenvalue weighted by molar-refractivity contribution is 5.78. The Morgan fingerprint density at radius 3 is 2.24 bits per heavy atom. The topological polar surface area (TPSA) is 49.8 Å². The molecule has 8 heteroatoms. The van der Waals surface area contributed by atoms with E-state index in [0.29, 0.717) is 10.5 Å². The molecule has 1 amide bonds. The maximum absolute atomic E-state index is 13.3. The lowest BCUT2D eigenvalue weighted by atomic mass is 9.93. The summed E-state index contributed by atoms with van der Waals surface area (Å²) in [6.07, 6.45) is -4.68. The van der Waals surface area contributed by atoms with E-state index in [1.807, 2.05) is 0 Å². The van der Waals surface area contributed by atoms with Crippen LogP contribution in [0.1, 0.15) is 5.56 Å². The van der Waals surface area contributed by atoms with Crippen LogP contribution >= 0.6 is 0 Å². The van der Waals surface area contributed by atoms with Gasteiger partial charge in [-0.25, -0.2) is 4.39 Å². The molecule has 1 saturated heterocycles. The number of hydrogen-bond donors (Lipinski definition) is 1. The Bertz CT molecular complexity index is 511. The summed E-state index contributed by atoms with van der Waals surface area (Å²) < 4.78 is 57.2. The Balaban J connectivity index is 2.30. The van der Waals surface area contributed by atoms with Crippen LogP contribution in [0.5, 0.6) is 0 Å². The lowest BCUT2D eigenvalue weighted by molar-refractivity contribution is -0.302. The summed E-state index contributed by atoms with van der Waals surface area (Å²) in [6, 6.07) is 4.76. The van der Waals surface area contributed by atoms with Gasteiger partial charge in [0.1, 0.15) is 12.4 Å². The van der Waals surface area contributed by atoms with Crippen molar-refractivity contribution in [3.63, 3.8) is 0 Å². The van der Waals surface area contributed by atoms with E-state index in [1.54, 1.807) is 0 Å². The maximum atomic E-state index is 13.3. The SMILES string of the molecule is O=C(CO)N(Cc1ccc(F)cc1)C1(C(F)(F)F)COC1. The molecule has 0 spiro atoms. The van der Waals surface area contributed by atoms with Crippen LogP contribution in [0, 0.1) is 5.82 Å². The first-order chi connectivity index (χ1) is 9.80. The molecule has 0 radical (unpaired) electrons. The summed E-state index contributed by atoms with van der Waals surface area (Å²) in [5.74, 6) is -1.59. The van der Waals surface area contributed by atoms with Crippen LogP contribution in [0.15, 0.2) is 24.3 Å². The average molecular weight is 307 g/mol. The Kier molecular flexibility index (Phi) is 4.20. The molecule has 0 atom stereocenters. The molecule has 1 aliphatic rings. The number of nitrogens with zero attached hydrogens (tertiary/aromatic N) is 1. The number of carbonyl (C=O) groups excluding carboxylic acids is 1. The average Bonchev–Trinajstić information content (AvgIpc) is 2.36. The van der Waals surface area contributed by atoms with Gasteiger partial charge in [0.05, 0.1) is 13.2 Å². The van der Waals surface area contributed by atoms with Gasteiger partial charge in [-0.1, -0.05) is 12.1 Å². The van der Waals surface area contributed by atoms with Crippen molar-refractivity contribution < 1.29 is 32.2 Å². The molecule has 4 nitrogen and oxygen atoms in total. The molecule has 1 aromatic rings. The summed E-state index contributed by atoms with van der Waals surface area (Å²) in [5.41, 5.74) is -2.12. The monoisotopic (exact) mass is 307 g/mol. The lowest BCUT2D eigenvalue weighted by Crippen LogP contribution is -2.71. The minimum absolute atomic E-state index is 0.328. The van der Waals surface area contributed by atoms with Gasteiger partial charge in [0.2, 0.25) is 5.91 Å². The molecule has 1 aliphatic heterocycles. The second kappa shape index (κ2) is 5.61. The van der Waals surface area contributed by atoms with Crippen molar-refractivity contribution >= 4 is 5.91 Å². The standard InChI is InChI=1S/C13H13F4NO3/c14-10-3-1-9(2-4-10)5-18(11(20)6-19)12(7-21-8-12)13(15,16)17/h1-4,19H,5-8H2. The molecule has 1 fully saturated rings. The molecule has 0 aliphatic carbocycles. The largest absolute Gasteiger partial charge is 0.416 e. The molecule has 0 bridgehead atoms. The number of halogens is 4. The number of alkyl halides is 3. The van der Waals surface area contributed by atoms with Gasteiger partial charge in [-0.2, -0.15) is 13.2 Å². The van der Waals surface area contributed by atoms with Crippen molar-refractivity contribution in [1.82, 2.24) is 4.90 Å². The van der Waals surface area contributed by atoms with E-state index < -0.39 is 43.3 Å². The van der Waals surface area contributed by atoms with Gasteiger partial charge in [0.15, 0.2) is 5.54 Å². The number of rotatable bonds is 4. The van der Waals surface area contributed by atoms with Gasteiger partial charge in [-0.05, 0) is 17.7 Å². The van der Waals surface area contributed by atoms with Crippen LogP contribution in [-0.2, 0) is 16.1 Å². The predicted molar refractivity (Wildman–Crippen MR) is 63.6 cm³/mol. The van der Waals surface area contributed by atoms with Crippen molar-refractivity contribution in [2.45, 2.75) is 18.3 Å². The molecular formula is C13H13F4NO3. The van der Waals surface area contributed by atoms with Crippen molar-refractivity contribution in [1.29, 1.82) is 0 Å². The van der Waals surface area contributed by atoms with Crippen LogP contribution in [0.2, 0.25) is 0 Å². The van der Waals surface area contributed by atoms with Crippen LogP contribution in [0.3, 0.4) is 0 Å². The summed E-state index contributed by atoms with van der Waals surface area (Å²) in [7, 11) is 0. The molecule has 21 heavy (non-hydrogen) atoms. The summed E-state index contributed by atoms with van der Waals surface area (Å²) in [4.78, 5) is 12.3. The van der Waals surface area contributed by atoms with E-state index in [9.17, 15) is 22.4 Å². The predicted octanol–water partition coefficient (Wildman–Crippen LogP) is 1.48. The highest BCUT2D eigenvalue weighted by Crippen LogP contribution is 2.42. The van der Waals surface area contributed by atoms with E-state index in [1.165, 1.54) is 12.1 Å². The Morgan fingerprint density at radius 2 is 1.86 bits per heavy atom. The minimum atomic E-state index is -4.68. The first kappa shape index (κ1) is 15.7. The molecule has 2 rings (SSSR count). The Hall–Kier alpha value is -1.67. The molecule has 0 aromatic heterocycles. The van der Waals surface area contributed by atoms with Gasteiger partial charge < -0.3 is 14.7 Å². The third kappa shape index (κ3) is 2.86. The number of aliphatic hydroxyl groups is 1. The fraction of sp³-hybridized carbons (Fsp3) is 0.462. The number of aliphatic hydroxyl groups excluding tert-OH is 1. The maximum Gasteiger partial charge on any atom is 0.416 e. The number of amides is 1. The van der Waals surface area contributed by atoms with Gasteiger partial charge in [0.25, 0.3) is 0 Å². The van der Waals surface area contributed by atoms with Gasteiger partial charge in [0, 0.05) is 6.54 Å². The fourth-order valence-corrected chi connectivity index (χ4v) is 2.10. The second-order valence-corrected chi connectivity index (χ2v) is 4.79. The van der Waals surface area contributed by atoms with Gasteiger partial charge in [-0.3, -0.25) is 4.79 Å². The zero-order valence-corrected chi connectivity index (χ0v) is 10.9. The van der Waals surface area contributed by atoms with Crippen molar-refractivity contribution in [3.8, 4) is 0 Å². The zero-order valence-electron chi connectivity index (χ0n) is 10.9. The van der Waals surface area contributed by atoms with E-state index in [0.717, 1.165) is 12.1 Å². The second-order valence-electron chi connectivity index (χ2n) is 4.79. The van der Waals surface area contributed by atoms with Crippen molar-refractivity contribution in [2.24, 2.45) is 0 Å². The summed E-state index contributed by atoms with van der Waals surface area (Å²) in [5, 5.41) is 8.92. The molecule has 0 saturated carbocycles. The Labute approximate surface area is 117 Å². The lowest BCUT2D eigenvalue weighted by Gasteiger charge is -2.49. The summed E-state index contributed by atoms with van der Waals surface area (Å²) in [6.45, 7) is -2.78. The number of carbonyl (C=O) groups is 1. The third-order valence-corrected chi connectivity index (χ3v) is 3.42. The highest BCUT2D eigenvalue weighted by Gasteiger charge is 2.64. The molecule has 116 valence electrons. The Morgan fingerprint density at radius 1 is 1.29 bits per heavy atom. The quantitative estimate of drug-likeness (QED) is 0.857. The van der Waals surface area contributed by atoms with Crippen LogP contribution < -0.4 is 0 Å². The van der Waals surface area contributed by atoms with Crippen molar-refractivity contribution in [3.05, 3.63) is 35.6 Å². The molecule has 0 unspecified atom stereocenters. The van der Waals surface area contributed by atoms with Crippen LogP contribution in [-0.4, -0.2) is 47.4 Å². The zero-order chi connectivity index (χ0) is 15.7. The molecule has 1 aromatic carbocycles.